The van der Waals surface area contributed by atoms with Crippen LogP contribution in [0.5, 0.6) is 5.75 Å². The largest absolute Gasteiger partial charge is 0.504 e. The predicted molar refractivity (Wildman–Crippen MR) is 36.8 cm³/mol. The van der Waals surface area contributed by atoms with Crippen LogP contribution in [0, 0.1) is 0 Å². The molecule has 0 saturated heterocycles. The first-order valence-electron chi connectivity index (χ1n) is 3.60. The Morgan fingerprint density at radius 2 is 2.40 bits per heavy atom. The maximum Gasteiger partial charge on any atom is 0.156 e. The smallest absolute Gasteiger partial charge is 0.156 e. The zero-order valence-electron chi connectivity index (χ0n) is 5.67. The van der Waals surface area contributed by atoms with Crippen LogP contribution in [0.4, 0.5) is 0 Å². The molecule has 0 unspecified atom stereocenters. The number of nitrogens with zero attached hydrogens (tertiary/aromatic N) is 1. The van der Waals surface area contributed by atoms with Crippen LogP contribution in [0.25, 0.3) is 0 Å². The fourth-order valence-corrected chi connectivity index (χ4v) is 1.29. The topological polar surface area (TPSA) is 48.9 Å². The number of aromatic amines is 1. The summed E-state index contributed by atoms with van der Waals surface area (Å²) in [5, 5.41) is 15.7. The van der Waals surface area contributed by atoms with E-state index in [1.165, 1.54) is 25.5 Å². The van der Waals surface area contributed by atoms with Crippen molar-refractivity contribution in [3.8, 4) is 5.75 Å². The molecule has 0 aliphatic heterocycles. The molecule has 2 N–H and O–H groups in total. The van der Waals surface area contributed by atoms with E-state index in [4.69, 9.17) is 0 Å². The van der Waals surface area contributed by atoms with Crippen molar-refractivity contribution in [2.45, 2.75) is 25.2 Å². The van der Waals surface area contributed by atoms with E-state index < -0.39 is 0 Å². The van der Waals surface area contributed by atoms with E-state index in [0.29, 0.717) is 11.7 Å². The minimum Gasteiger partial charge on any atom is -0.504 e. The van der Waals surface area contributed by atoms with Crippen LogP contribution in [-0.2, 0) is 0 Å². The molecule has 10 heavy (non-hydrogen) atoms. The van der Waals surface area contributed by atoms with E-state index in [-0.39, 0.29) is 0 Å². The Morgan fingerprint density at radius 1 is 1.60 bits per heavy atom. The quantitative estimate of drug-likeness (QED) is 0.616. The van der Waals surface area contributed by atoms with Gasteiger partial charge in [0.05, 0.1) is 11.9 Å². The Hall–Kier alpha value is -0.990. The van der Waals surface area contributed by atoms with Gasteiger partial charge in [0.25, 0.3) is 0 Å². The monoisotopic (exact) mass is 138 g/mol. The van der Waals surface area contributed by atoms with E-state index >= 15 is 0 Å². The van der Waals surface area contributed by atoms with Gasteiger partial charge < -0.3 is 5.11 Å². The number of hydrogen-bond acceptors (Lipinski definition) is 2. The molecule has 1 aromatic heterocycles. The molecule has 1 aliphatic rings. The summed E-state index contributed by atoms with van der Waals surface area (Å²) in [4.78, 5) is 0. The lowest BCUT2D eigenvalue weighted by atomic mass is 9.83. The SMILES string of the molecule is Oc1cn[nH]c1C1CCC1. The van der Waals surface area contributed by atoms with Crippen molar-refractivity contribution in [2.75, 3.05) is 0 Å². The highest BCUT2D eigenvalue weighted by Crippen LogP contribution is 2.38. The number of aromatic nitrogens is 2. The molecule has 3 nitrogen and oxygen atoms in total. The Balaban J connectivity index is 2.23. The Labute approximate surface area is 59.1 Å². The molecular weight excluding hydrogens is 128 g/mol. The third-order valence-corrected chi connectivity index (χ3v) is 2.16. The zero-order chi connectivity index (χ0) is 6.97. The van der Waals surface area contributed by atoms with Crippen LogP contribution in [0.15, 0.2) is 6.20 Å². The summed E-state index contributed by atoms with van der Waals surface area (Å²) in [6.45, 7) is 0. The van der Waals surface area contributed by atoms with Gasteiger partial charge in [-0.25, -0.2) is 0 Å². The van der Waals surface area contributed by atoms with E-state index in [0.717, 1.165) is 5.69 Å². The predicted octanol–water partition coefficient (Wildman–Crippen LogP) is 1.38. The molecule has 1 fully saturated rings. The van der Waals surface area contributed by atoms with Gasteiger partial charge in [-0.15, -0.1) is 0 Å². The minimum absolute atomic E-state index is 0.324. The molecule has 1 heterocycles. The maximum atomic E-state index is 9.19. The van der Waals surface area contributed by atoms with Gasteiger partial charge in [0, 0.05) is 5.92 Å². The lowest BCUT2D eigenvalue weighted by Crippen LogP contribution is -2.09. The molecule has 3 heteroatoms. The van der Waals surface area contributed by atoms with Crippen molar-refractivity contribution in [3.63, 3.8) is 0 Å². The van der Waals surface area contributed by atoms with Crippen LogP contribution < -0.4 is 0 Å². The Morgan fingerprint density at radius 3 is 2.80 bits per heavy atom. The minimum atomic E-state index is 0.324. The number of rotatable bonds is 1. The van der Waals surface area contributed by atoms with Gasteiger partial charge in [-0.3, -0.25) is 5.10 Å². The Bertz CT molecular complexity index is 227. The first-order chi connectivity index (χ1) is 4.88. The average molecular weight is 138 g/mol. The number of nitrogens with one attached hydrogen (secondary N) is 1. The van der Waals surface area contributed by atoms with Gasteiger partial charge in [-0.05, 0) is 12.8 Å². The summed E-state index contributed by atoms with van der Waals surface area (Å²) in [7, 11) is 0. The van der Waals surface area contributed by atoms with Crippen LogP contribution >= 0.6 is 0 Å². The average Bonchev–Trinajstić information content (AvgIpc) is 2.12. The molecule has 0 radical (unpaired) electrons. The first kappa shape index (κ1) is 5.77. The van der Waals surface area contributed by atoms with Crippen molar-refractivity contribution in [1.29, 1.82) is 0 Å². The third-order valence-electron chi connectivity index (χ3n) is 2.16. The number of aromatic hydroxyl groups is 1. The molecule has 0 spiro atoms. The van der Waals surface area contributed by atoms with Gasteiger partial charge in [-0.2, -0.15) is 5.10 Å². The number of H-pyrrole nitrogens is 1. The van der Waals surface area contributed by atoms with Crippen molar-refractivity contribution < 1.29 is 5.11 Å². The second kappa shape index (κ2) is 2.01. The van der Waals surface area contributed by atoms with E-state index in [1.54, 1.807) is 0 Å². The van der Waals surface area contributed by atoms with Crippen LogP contribution in [-0.4, -0.2) is 15.3 Å². The lowest BCUT2D eigenvalue weighted by Gasteiger charge is -2.23. The summed E-state index contributed by atoms with van der Waals surface area (Å²) in [6, 6.07) is 0. The standard InChI is InChI=1S/C7H10N2O/c10-6-4-8-9-7(6)5-2-1-3-5/h4-5,10H,1-3H2,(H,8,9). The maximum absolute atomic E-state index is 9.19. The second-order valence-corrected chi connectivity index (χ2v) is 2.80. The van der Waals surface area contributed by atoms with Crippen LogP contribution in [0.3, 0.4) is 0 Å². The molecule has 1 aromatic rings. The molecule has 0 bridgehead atoms. The fraction of sp³-hybridized carbons (Fsp3) is 0.571. The zero-order valence-corrected chi connectivity index (χ0v) is 5.67. The van der Waals surface area contributed by atoms with Gasteiger partial charge in [0.2, 0.25) is 0 Å². The summed E-state index contributed by atoms with van der Waals surface area (Å²) in [6.07, 6.45) is 5.13. The number of hydrogen-bond donors (Lipinski definition) is 2. The molecule has 2 rings (SSSR count). The van der Waals surface area contributed by atoms with Crippen molar-refractivity contribution in [2.24, 2.45) is 0 Å². The fourth-order valence-electron chi connectivity index (χ4n) is 1.29. The van der Waals surface area contributed by atoms with Crippen molar-refractivity contribution >= 4 is 0 Å². The molecule has 0 atom stereocenters. The molecule has 0 aromatic carbocycles. The van der Waals surface area contributed by atoms with E-state index in [1.807, 2.05) is 0 Å². The second-order valence-electron chi connectivity index (χ2n) is 2.80. The summed E-state index contributed by atoms with van der Waals surface area (Å²) in [5.74, 6) is 0.868. The van der Waals surface area contributed by atoms with Crippen molar-refractivity contribution in [1.82, 2.24) is 10.2 Å². The molecule has 54 valence electrons. The highest BCUT2D eigenvalue weighted by atomic mass is 16.3. The molecular formula is C7H10N2O. The highest BCUT2D eigenvalue weighted by molar-refractivity contribution is 5.26. The summed E-state index contributed by atoms with van der Waals surface area (Å²) in [5.41, 5.74) is 0.922. The van der Waals surface area contributed by atoms with E-state index in [9.17, 15) is 5.11 Å². The summed E-state index contributed by atoms with van der Waals surface area (Å²) < 4.78 is 0. The first-order valence-corrected chi connectivity index (χ1v) is 3.60. The van der Waals surface area contributed by atoms with Gasteiger partial charge in [0.15, 0.2) is 5.75 Å². The van der Waals surface area contributed by atoms with Gasteiger partial charge in [-0.1, -0.05) is 6.42 Å². The van der Waals surface area contributed by atoms with E-state index in [2.05, 4.69) is 10.2 Å². The van der Waals surface area contributed by atoms with Gasteiger partial charge >= 0.3 is 0 Å². The highest BCUT2D eigenvalue weighted by Gasteiger charge is 2.23. The molecule has 0 amide bonds. The Kier molecular flexibility index (Phi) is 1.16. The van der Waals surface area contributed by atoms with Crippen LogP contribution in [0.2, 0.25) is 0 Å². The van der Waals surface area contributed by atoms with Crippen molar-refractivity contribution in [3.05, 3.63) is 11.9 Å². The molecule has 1 saturated carbocycles. The summed E-state index contributed by atoms with van der Waals surface area (Å²) >= 11 is 0. The third kappa shape index (κ3) is 0.701. The van der Waals surface area contributed by atoms with Crippen LogP contribution in [0.1, 0.15) is 30.9 Å². The van der Waals surface area contributed by atoms with Gasteiger partial charge in [0.1, 0.15) is 0 Å². The lowest BCUT2D eigenvalue weighted by molar-refractivity contribution is 0.387. The molecule has 1 aliphatic carbocycles. The normalized spacial score (nSPS) is 18.8.